The average Bonchev–Trinajstić information content (AvgIpc) is 2.92. The van der Waals surface area contributed by atoms with Gasteiger partial charge < -0.3 is 20.0 Å². The standard InChI is InChI=1S/C14H16N4O5/c19-13(7-10-6-5-9(8-22-10)15-14(20)21)23-18-12-4-2-1-3-11(12)16-17-18/h1-4,9-10,15H,5-8H2,(H,20,21)/t9-,10+/m1/s1. The Balaban J connectivity index is 1.51. The van der Waals surface area contributed by atoms with Gasteiger partial charge in [-0.2, -0.15) is 0 Å². The minimum absolute atomic E-state index is 0.0774. The molecule has 1 aromatic carbocycles. The van der Waals surface area contributed by atoms with Gasteiger partial charge in [0.1, 0.15) is 11.0 Å². The number of aromatic nitrogens is 3. The minimum Gasteiger partial charge on any atom is -0.465 e. The highest BCUT2D eigenvalue weighted by Crippen LogP contribution is 2.17. The summed E-state index contributed by atoms with van der Waals surface area (Å²) in [6.07, 6.45) is -0.0820. The zero-order valence-corrected chi connectivity index (χ0v) is 12.2. The van der Waals surface area contributed by atoms with Crippen molar-refractivity contribution in [3.8, 4) is 0 Å². The minimum atomic E-state index is -1.07. The molecule has 0 unspecified atom stereocenters. The zero-order chi connectivity index (χ0) is 16.2. The summed E-state index contributed by atoms with van der Waals surface area (Å²) in [5, 5.41) is 18.7. The van der Waals surface area contributed by atoms with Crippen molar-refractivity contribution < 1.29 is 24.3 Å². The van der Waals surface area contributed by atoms with E-state index in [0.29, 0.717) is 23.9 Å². The monoisotopic (exact) mass is 320 g/mol. The van der Waals surface area contributed by atoms with E-state index in [0.717, 1.165) is 4.85 Å². The molecular weight excluding hydrogens is 304 g/mol. The van der Waals surface area contributed by atoms with Crippen LogP contribution in [0.25, 0.3) is 11.0 Å². The fourth-order valence-electron chi connectivity index (χ4n) is 2.49. The molecule has 9 nitrogen and oxygen atoms in total. The molecule has 0 spiro atoms. The summed E-state index contributed by atoms with van der Waals surface area (Å²) in [5.41, 5.74) is 1.24. The Hall–Kier alpha value is -2.68. The quantitative estimate of drug-likeness (QED) is 0.792. The summed E-state index contributed by atoms with van der Waals surface area (Å²) in [6, 6.07) is 6.91. The van der Waals surface area contributed by atoms with Gasteiger partial charge in [0.05, 0.1) is 25.2 Å². The van der Waals surface area contributed by atoms with Crippen LogP contribution in [-0.2, 0) is 9.53 Å². The molecule has 2 heterocycles. The van der Waals surface area contributed by atoms with Crippen molar-refractivity contribution >= 4 is 23.1 Å². The number of carboxylic acid groups (broad SMARTS) is 1. The SMILES string of the molecule is O=C(O)N[C@@H]1CC[C@@H](CC(=O)On2nnc3ccccc32)OC1. The van der Waals surface area contributed by atoms with Gasteiger partial charge in [0.2, 0.25) is 0 Å². The summed E-state index contributed by atoms with van der Waals surface area (Å²) in [7, 11) is 0. The second-order valence-electron chi connectivity index (χ2n) is 5.30. The molecule has 0 bridgehead atoms. The molecule has 9 heteroatoms. The van der Waals surface area contributed by atoms with Gasteiger partial charge in [-0.15, -0.1) is 5.10 Å². The second-order valence-corrected chi connectivity index (χ2v) is 5.30. The number of para-hydroxylation sites is 1. The van der Waals surface area contributed by atoms with E-state index in [2.05, 4.69) is 15.6 Å². The number of hydrogen-bond donors (Lipinski definition) is 2. The van der Waals surface area contributed by atoms with E-state index in [1.165, 1.54) is 0 Å². The van der Waals surface area contributed by atoms with Gasteiger partial charge in [0.15, 0.2) is 0 Å². The number of carbonyl (C=O) groups excluding carboxylic acids is 1. The fraction of sp³-hybridized carbons (Fsp3) is 0.429. The molecule has 1 aromatic heterocycles. The van der Waals surface area contributed by atoms with Gasteiger partial charge in [-0.05, 0) is 30.2 Å². The Morgan fingerprint density at radius 1 is 1.39 bits per heavy atom. The number of ether oxygens (including phenoxy) is 1. The first-order chi connectivity index (χ1) is 11.1. The summed E-state index contributed by atoms with van der Waals surface area (Å²) in [5.74, 6) is -0.477. The van der Waals surface area contributed by atoms with Crippen LogP contribution in [0.4, 0.5) is 4.79 Å². The van der Waals surface area contributed by atoms with Crippen molar-refractivity contribution in [2.45, 2.75) is 31.4 Å². The predicted octanol–water partition coefficient (Wildman–Crippen LogP) is 0.592. The largest absolute Gasteiger partial charge is 0.465 e. The normalized spacial score (nSPS) is 21.0. The van der Waals surface area contributed by atoms with Crippen LogP contribution < -0.4 is 10.2 Å². The lowest BCUT2D eigenvalue weighted by Crippen LogP contribution is -2.43. The van der Waals surface area contributed by atoms with E-state index in [1.54, 1.807) is 18.2 Å². The van der Waals surface area contributed by atoms with Crippen molar-refractivity contribution in [2.75, 3.05) is 6.61 Å². The third-order valence-electron chi connectivity index (χ3n) is 3.60. The Kier molecular flexibility index (Phi) is 4.38. The van der Waals surface area contributed by atoms with Crippen molar-refractivity contribution in [2.24, 2.45) is 0 Å². The fourth-order valence-corrected chi connectivity index (χ4v) is 2.49. The summed E-state index contributed by atoms with van der Waals surface area (Å²) >= 11 is 0. The lowest BCUT2D eigenvalue weighted by Gasteiger charge is -2.28. The molecule has 3 rings (SSSR count). The van der Waals surface area contributed by atoms with E-state index in [1.807, 2.05) is 6.07 Å². The molecule has 1 fully saturated rings. The van der Waals surface area contributed by atoms with Crippen LogP contribution in [0.15, 0.2) is 24.3 Å². The predicted molar refractivity (Wildman–Crippen MR) is 77.7 cm³/mol. The molecule has 1 amide bonds. The lowest BCUT2D eigenvalue weighted by atomic mass is 10.0. The summed E-state index contributed by atoms with van der Waals surface area (Å²) in [6.45, 7) is 0.247. The zero-order valence-electron chi connectivity index (χ0n) is 12.2. The Labute approximate surface area is 131 Å². The van der Waals surface area contributed by atoms with Crippen molar-refractivity contribution in [3.63, 3.8) is 0 Å². The second kappa shape index (κ2) is 6.61. The highest BCUT2D eigenvalue weighted by Gasteiger charge is 2.25. The summed E-state index contributed by atoms with van der Waals surface area (Å²) in [4.78, 5) is 28.8. The van der Waals surface area contributed by atoms with E-state index in [4.69, 9.17) is 14.7 Å². The van der Waals surface area contributed by atoms with E-state index >= 15 is 0 Å². The van der Waals surface area contributed by atoms with Crippen molar-refractivity contribution in [3.05, 3.63) is 24.3 Å². The van der Waals surface area contributed by atoms with Gasteiger partial charge in [0.25, 0.3) is 0 Å². The first-order valence-corrected chi connectivity index (χ1v) is 7.24. The number of amides is 1. The molecule has 2 aromatic rings. The van der Waals surface area contributed by atoms with Gasteiger partial charge in [-0.1, -0.05) is 17.0 Å². The van der Waals surface area contributed by atoms with Crippen LogP contribution in [0.2, 0.25) is 0 Å². The van der Waals surface area contributed by atoms with Crippen LogP contribution in [0.3, 0.4) is 0 Å². The van der Waals surface area contributed by atoms with Crippen LogP contribution in [-0.4, -0.2) is 51.1 Å². The molecule has 1 aliphatic rings. The molecule has 0 radical (unpaired) electrons. The van der Waals surface area contributed by atoms with Gasteiger partial charge in [0, 0.05) is 0 Å². The third kappa shape index (κ3) is 3.75. The molecule has 122 valence electrons. The molecule has 1 saturated heterocycles. The number of nitrogens with one attached hydrogen (secondary N) is 1. The Bertz CT molecular complexity index is 708. The average molecular weight is 320 g/mol. The van der Waals surface area contributed by atoms with Gasteiger partial charge in [-0.3, -0.25) is 0 Å². The van der Waals surface area contributed by atoms with Crippen LogP contribution in [0, 0.1) is 0 Å². The third-order valence-corrected chi connectivity index (χ3v) is 3.60. The van der Waals surface area contributed by atoms with E-state index in [-0.39, 0.29) is 25.2 Å². The number of carbonyl (C=O) groups is 2. The summed E-state index contributed by atoms with van der Waals surface area (Å²) < 4.78 is 5.50. The first kappa shape index (κ1) is 15.2. The lowest BCUT2D eigenvalue weighted by molar-refractivity contribution is -0.149. The maximum absolute atomic E-state index is 12.0. The first-order valence-electron chi connectivity index (χ1n) is 7.24. The molecule has 0 saturated carbocycles. The van der Waals surface area contributed by atoms with E-state index in [9.17, 15) is 9.59 Å². The maximum atomic E-state index is 12.0. The highest BCUT2D eigenvalue weighted by molar-refractivity contribution is 5.75. The number of hydrogen-bond acceptors (Lipinski definition) is 6. The van der Waals surface area contributed by atoms with Crippen LogP contribution >= 0.6 is 0 Å². The van der Waals surface area contributed by atoms with Crippen molar-refractivity contribution in [1.82, 2.24) is 20.5 Å². The maximum Gasteiger partial charge on any atom is 0.404 e. The van der Waals surface area contributed by atoms with Gasteiger partial charge in [-0.25, -0.2) is 9.59 Å². The van der Waals surface area contributed by atoms with Crippen molar-refractivity contribution in [1.29, 1.82) is 0 Å². The molecular formula is C14H16N4O5. The number of rotatable bonds is 4. The van der Waals surface area contributed by atoms with Crippen LogP contribution in [0.5, 0.6) is 0 Å². The molecule has 2 N–H and O–H groups in total. The Morgan fingerprint density at radius 2 is 2.22 bits per heavy atom. The number of nitrogens with zero attached hydrogens (tertiary/aromatic N) is 3. The number of fused-ring (bicyclic) bond motifs is 1. The molecule has 23 heavy (non-hydrogen) atoms. The molecule has 2 atom stereocenters. The smallest absolute Gasteiger partial charge is 0.404 e. The Morgan fingerprint density at radius 3 is 2.96 bits per heavy atom. The molecule has 1 aliphatic heterocycles. The van der Waals surface area contributed by atoms with Gasteiger partial charge >= 0.3 is 12.1 Å². The van der Waals surface area contributed by atoms with E-state index < -0.39 is 12.1 Å². The van der Waals surface area contributed by atoms with Crippen LogP contribution in [0.1, 0.15) is 19.3 Å². The molecule has 0 aliphatic carbocycles. The topological polar surface area (TPSA) is 116 Å². The number of benzene rings is 1. The highest BCUT2D eigenvalue weighted by atomic mass is 16.7.